The van der Waals surface area contributed by atoms with Crippen molar-refractivity contribution in [1.29, 1.82) is 0 Å². The van der Waals surface area contributed by atoms with E-state index in [0.29, 0.717) is 23.6 Å². The predicted octanol–water partition coefficient (Wildman–Crippen LogP) is 9.33. The fourth-order valence-electron chi connectivity index (χ4n) is 5.61. The summed E-state index contributed by atoms with van der Waals surface area (Å²) in [6.45, 7) is 5.08. The van der Waals surface area contributed by atoms with E-state index >= 15 is 0 Å². The summed E-state index contributed by atoms with van der Waals surface area (Å²) < 4.78 is 0. The number of hydrogen-bond donors (Lipinski definition) is 0. The molecule has 0 aromatic heterocycles. The van der Waals surface area contributed by atoms with Gasteiger partial charge in [0, 0.05) is 23.1 Å². The number of carbonyl (C=O) groups is 2. The summed E-state index contributed by atoms with van der Waals surface area (Å²) >= 11 is 0. The molecule has 2 amide bonds. The molecule has 2 aromatic rings. The van der Waals surface area contributed by atoms with E-state index in [4.69, 9.17) is 0 Å². The number of carbonyl (C=O) groups excluding carboxylic acids is 2. The van der Waals surface area contributed by atoms with Crippen LogP contribution in [0.25, 0.3) is 10.8 Å². The molecule has 3 heteroatoms. The monoisotopic (exact) mass is 477 g/mol. The van der Waals surface area contributed by atoms with Crippen LogP contribution in [-0.4, -0.2) is 23.3 Å². The molecule has 35 heavy (non-hydrogen) atoms. The number of nitrogens with zero attached hydrogens (tertiary/aromatic N) is 1. The molecule has 3 nitrogen and oxygen atoms in total. The zero-order valence-corrected chi connectivity index (χ0v) is 22.3. The Balaban J connectivity index is 1.59. The first kappa shape index (κ1) is 27.4. The molecule has 0 saturated heterocycles. The zero-order valence-electron chi connectivity index (χ0n) is 22.3. The smallest absolute Gasteiger partial charge is 0.261 e. The van der Waals surface area contributed by atoms with E-state index in [-0.39, 0.29) is 11.8 Å². The van der Waals surface area contributed by atoms with Gasteiger partial charge in [-0.1, -0.05) is 128 Å². The standard InChI is InChI=1S/C32H47NO2/c1-3-5-7-9-11-12-14-16-20-26(19-15-13-10-8-6-4-2)25-33-31(34)28-23-17-21-27-22-18-24-29(30(27)28)32(33)35/h17-18,21-24,26H,3-16,19-20,25H2,1-2H3. The lowest BCUT2D eigenvalue weighted by Gasteiger charge is -2.30. The normalized spacial score (nSPS) is 14.2. The summed E-state index contributed by atoms with van der Waals surface area (Å²) in [4.78, 5) is 28.4. The highest BCUT2D eigenvalue weighted by Crippen LogP contribution is 2.31. The summed E-state index contributed by atoms with van der Waals surface area (Å²) in [6.07, 6.45) is 20.4. The summed E-state index contributed by atoms with van der Waals surface area (Å²) in [7, 11) is 0. The maximum atomic E-state index is 13.4. The van der Waals surface area contributed by atoms with Gasteiger partial charge in [0.15, 0.2) is 0 Å². The molecular weight excluding hydrogens is 430 g/mol. The Kier molecular flexibility index (Phi) is 11.8. The lowest BCUT2D eigenvalue weighted by atomic mass is 9.90. The second-order valence-corrected chi connectivity index (χ2v) is 10.6. The molecule has 0 bridgehead atoms. The van der Waals surface area contributed by atoms with Crippen LogP contribution in [0.3, 0.4) is 0 Å². The summed E-state index contributed by atoms with van der Waals surface area (Å²) in [5.41, 5.74) is 1.37. The van der Waals surface area contributed by atoms with Gasteiger partial charge in [-0.3, -0.25) is 14.5 Å². The molecule has 2 aromatic carbocycles. The van der Waals surface area contributed by atoms with Gasteiger partial charge in [-0.25, -0.2) is 0 Å². The van der Waals surface area contributed by atoms with Crippen molar-refractivity contribution in [3.05, 3.63) is 47.5 Å². The molecular formula is C32H47NO2. The number of rotatable bonds is 18. The molecule has 0 radical (unpaired) electrons. The third-order valence-electron chi connectivity index (χ3n) is 7.73. The lowest BCUT2D eigenvalue weighted by Crippen LogP contribution is -2.43. The first-order valence-corrected chi connectivity index (χ1v) is 14.5. The minimum Gasteiger partial charge on any atom is -0.274 e. The van der Waals surface area contributed by atoms with Crippen LogP contribution in [0.4, 0.5) is 0 Å². The van der Waals surface area contributed by atoms with Gasteiger partial charge < -0.3 is 0 Å². The topological polar surface area (TPSA) is 37.4 Å². The summed E-state index contributed by atoms with van der Waals surface area (Å²) in [6, 6.07) is 11.6. The zero-order chi connectivity index (χ0) is 24.9. The fourth-order valence-corrected chi connectivity index (χ4v) is 5.61. The van der Waals surface area contributed by atoms with Crippen molar-refractivity contribution in [2.24, 2.45) is 5.92 Å². The molecule has 1 aliphatic heterocycles. The van der Waals surface area contributed by atoms with Crippen LogP contribution in [0.15, 0.2) is 36.4 Å². The van der Waals surface area contributed by atoms with Crippen molar-refractivity contribution in [2.75, 3.05) is 6.54 Å². The fraction of sp³-hybridized carbons (Fsp3) is 0.625. The molecule has 0 aliphatic carbocycles. The highest BCUT2D eigenvalue weighted by molar-refractivity contribution is 6.25. The molecule has 3 rings (SSSR count). The Morgan fingerprint density at radius 2 is 1.03 bits per heavy atom. The molecule has 1 unspecified atom stereocenters. The summed E-state index contributed by atoms with van der Waals surface area (Å²) in [5.74, 6) is 0.185. The van der Waals surface area contributed by atoms with E-state index in [0.717, 1.165) is 23.6 Å². The average Bonchev–Trinajstić information content (AvgIpc) is 2.88. The Morgan fingerprint density at radius 3 is 1.49 bits per heavy atom. The minimum atomic E-state index is -0.108. The van der Waals surface area contributed by atoms with E-state index in [1.165, 1.54) is 89.9 Å². The second-order valence-electron chi connectivity index (χ2n) is 10.6. The van der Waals surface area contributed by atoms with Crippen molar-refractivity contribution in [1.82, 2.24) is 4.90 Å². The van der Waals surface area contributed by atoms with Crippen LogP contribution in [0.1, 0.15) is 137 Å². The van der Waals surface area contributed by atoms with Gasteiger partial charge in [0.2, 0.25) is 0 Å². The molecule has 0 saturated carbocycles. The minimum absolute atomic E-state index is 0.108. The third-order valence-corrected chi connectivity index (χ3v) is 7.73. The highest BCUT2D eigenvalue weighted by Gasteiger charge is 2.33. The number of hydrogen-bond acceptors (Lipinski definition) is 2. The lowest BCUT2D eigenvalue weighted by molar-refractivity contribution is 0.0577. The van der Waals surface area contributed by atoms with Crippen LogP contribution in [0.2, 0.25) is 0 Å². The van der Waals surface area contributed by atoms with Gasteiger partial charge in [-0.2, -0.15) is 0 Å². The molecule has 1 aliphatic rings. The third kappa shape index (κ3) is 7.92. The number of amides is 2. The van der Waals surface area contributed by atoms with Crippen molar-refractivity contribution in [3.63, 3.8) is 0 Å². The van der Waals surface area contributed by atoms with Crippen molar-refractivity contribution >= 4 is 22.6 Å². The van der Waals surface area contributed by atoms with Gasteiger partial charge in [0.1, 0.15) is 0 Å². The largest absolute Gasteiger partial charge is 0.274 e. The maximum Gasteiger partial charge on any atom is 0.261 e. The van der Waals surface area contributed by atoms with Gasteiger partial charge in [0.05, 0.1) is 0 Å². The first-order valence-electron chi connectivity index (χ1n) is 14.5. The average molecular weight is 478 g/mol. The van der Waals surface area contributed by atoms with Gasteiger partial charge in [-0.05, 0) is 36.3 Å². The van der Waals surface area contributed by atoms with Gasteiger partial charge in [-0.15, -0.1) is 0 Å². The highest BCUT2D eigenvalue weighted by atomic mass is 16.2. The Labute approximate surface area is 213 Å². The quantitative estimate of drug-likeness (QED) is 0.158. The van der Waals surface area contributed by atoms with E-state index in [2.05, 4.69) is 13.8 Å². The van der Waals surface area contributed by atoms with Gasteiger partial charge >= 0.3 is 0 Å². The molecule has 1 heterocycles. The number of imide groups is 1. The Bertz CT molecular complexity index is 884. The second kappa shape index (κ2) is 15.1. The van der Waals surface area contributed by atoms with Crippen LogP contribution >= 0.6 is 0 Å². The van der Waals surface area contributed by atoms with Crippen molar-refractivity contribution in [3.8, 4) is 0 Å². The Morgan fingerprint density at radius 1 is 0.600 bits per heavy atom. The van der Waals surface area contributed by atoms with Crippen LogP contribution in [0, 0.1) is 5.92 Å². The van der Waals surface area contributed by atoms with Crippen LogP contribution in [0.5, 0.6) is 0 Å². The van der Waals surface area contributed by atoms with Crippen molar-refractivity contribution < 1.29 is 9.59 Å². The van der Waals surface area contributed by atoms with Crippen LogP contribution in [-0.2, 0) is 0 Å². The number of unbranched alkanes of at least 4 members (excludes halogenated alkanes) is 12. The Hall–Kier alpha value is -2.16. The maximum absolute atomic E-state index is 13.4. The van der Waals surface area contributed by atoms with E-state index in [9.17, 15) is 9.59 Å². The van der Waals surface area contributed by atoms with E-state index in [1.807, 2.05) is 36.4 Å². The summed E-state index contributed by atoms with van der Waals surface area (Å²) in [5, 5.41) is 1.81. The van der Waals surface area contributed by atoms with E-state index < -0.39 is 0 Å². The van der Waals surface area contributed by atoms with E-state index in [1.54, 1.807) is 4.90 Å². The van der Waals surface area contributed by atoms with Gasteiger partial charge in [0.25, 0.3) is 11.8 Å². The molecule has 0 N–H and O–H groups in total. The van der Waals surface area contributed by atoms with Crippen LogP contribution < -0.4 is 0 Å². The SMILES string of the molecule is CCCCCCCCCCC(CCCCCCCC)CN1C(=O)c2cccc3cccc(c23)C1=O. The first-order chi connectivity index (χ1) is 17.2. The van der Waals surface area contributed by atoms with Crippen molar-refractivity contribution in [2.45, 2.75) is 117 Å². The molecule has 1 atom stereocenters. The molecule has 0 spiro atoms. The molecule has 0 fully saturated rings. The number of benzene rings is 2. The molecule has 192 valence electrons. The predicted molar refractivity (Wildman–Crippen MR) is 148 cm³/mol.